The zero-order valence-electron chi connectivity index (χ0n) is 13.1. The summed E-state index contributed by atoms with van der Waals surface area (Å²) < 4.78 is 0.745. The molecule has 3 rings (SSSR count). The molecule has 1 atom stereocenters. The predicted octanol–water partition coefficient (Wildman–Crippen LogP) is 3.29. The molecule has 0 saturated carbocycles. The lowest BCUT2D eigenvalue weighted by atomic mass is 9.89. The highest BCUT2D eigenvalue weighted by atomic mass is 79.9. The first kappa shape index (κ1) is 16.6. The van der Waals surface area contributed by atoms with Crippen LogP contribution in [0, 0.1) is 0 Å². The number of aliphatic hydroxyl groups is 1. The van der Waals surface area contributed by atoms with Gasteiger partial charge in [-0.3, -0.25) is 9.59 Å². The van der Waals surface area contributed by atoms with Crippen molar-refractivity contribution in [2.24, 2.45) is 0 Å². The maximum atomic E-state index is 12.5. The van der Waals surface area contributed by atoms with Crippen molar-refractivity contribution in [1.29, 1.82) is 0 Å². The topological polar surface area (TPSA) is 57.6 Å². The van der Waals surface area contributed by atoms with Gasteiger partial charge in [0.2, 0.25) is 0 Å². The van der Waals surface area contributed by atoms with Gasteiger partial charge in [0, 0.05) is 17.1 Å². The van der Waals surface area contributed by atoms with Crippen molar-refractivity contribution in [3.8, 4) is 0 Å². The fourth-order valence-electron chi connectivity index (χ4n) is 2.87. The molecule has 1 N–H and O–H groups in total. The van der Waals surface area contributed by atoms with Crippen LogP contribution in [-0.4, -0.2) is 23.8 Å². The smallest absolute Gasteiger partial charge is 0.263 e. The summed E-state index contributed by atoms with van der Waals surface area (Å²) in [5, 5.41) is 10.9. The first-order chi connectivity index (χ1) is 11.4. The molecule has 1 aliphatic heterocycles. The fourth-order valence-corrected chi connectivity index (χ4v) is 3.23. The molecule has 1 amide bonds. The van der Waals surface area contributed by atoms with Crippen LogP contribution in [0.5, 0.6) is 0 Å². The molecular formula is C19H16BrNO3. The van der Waals surface area contributed by atoms with Crippen molar-refractivity contribution in [1.82, 2.24) is 0 Å². The van der Waals surface area contributed by atoms with Gasteiger partial charge in [-0.25, -0.2) is 0 Å². The van der Waals surface area contributed by atoms with Crippen LogP contribution in [0.25, 0.3) is 6.08 Å². The molecular weight excluding hydrogens is 370 g/mol. The number of anilines is 1. The van der Waals surface area contributed by atoms with Crippen LogP contribution in [0.1, 0.15) is 17.5 Å². The summed E-state index contributed by atoms with van der Waals surface area (Å²) in [6.07, 6.45) is 2.79. The highest BCUT2D eigenvalue weighted by molar-refractivity contribution is 9.10. The number of carbonyl (C=O) groups is 2. The maximum Gasteiger partial charge on any atom is 0.263 e. The fraction of sp³-hybridized carbons (Fsp3) is 0.158. The largest absolute Gasteiger partial charge is 0.375 e. The maximum absolute atomic E-state index is 12.5. The molecule has 1 aliphatic rings. The summed E-state index contributed by atoms with van der Waals surface area (Å²) in [6.45, 7) is 0. The Balaban J connectivity index is 1.86. The van der Waals surface area contributed by atoms with Crippen molar-refractivity contribution in [2.75, 3.05) is 11.9 Å². The summed E-state index contributed by atoms with van der Waals surface area (Å²) in [6, 6.07) is 14.6. The lowest BCUT2D eigenvalue weighted by Gasteiger charge is -2.20. The predicted molar refractivity (Wildman–Crippen MR) is 96.5 cm³/mol. The number of nitrogens with zero attached hydrogens (tertiary/aromatic N) is 1. The third-order valence-corrected chi connectivity index (χ3v) is 4.61. The second kappa shape index (κ2) is 6.34. The van der Waals surface area contributed by atoms with Crippen LogP contribution in [0.15, 0.2) is 59.1 Å². The molecule has 0 saturated heterocycles. The van der Waals surface area contributed by atoms with Gasteiger partial charge in [-0.2, -0.15) is 0 Å². The number of fused-ring (bicyclic) bond motifs is 1. The van der Waals surface area contributed by atoms with Crippen molar-refractivity contribution >= 4 is 39.4 Å². The second-order valence-electron chi connectivity index (χ2n) is 5.77. The summed E-state index contributed by atoms with van der Waals surface area (Å²) in [7, 11) is 1.59. The average Bonchev–Trinajstić information content (AvgIpc) is 2.75. The minimum atomic E-state index is -1.83. The van der Waals surface area contributed by atoms with Crippen LogP contribution in [0.4, 0.5) is 5.69 Å². The van der Waals surface area contributed by atoms with Gasteiger partial charge in [-0.05, 0) is 29.8 Å². The zero-order chi connectivity index (χ0) is 17.3. The number of carbonyl (C=O) groups excluding carboxylic acids is 2. The molecule has 122 valence electrons. The number of amides is 1. The highest BCUT2D eigenvalue weighted by Crippen LogP contribution is 2.42. The van der Waals surface area contributed by atoms with E-state index in [4.69, 9.17) is 0 Å². The molecule has 0 aromatic heterocycles. The Morgan fingerprint density at radius 3 is 2.67 bits per heavy atom. The normalized spacial score (nSPS) is 19.8. The van der Waals surface area contributed by atoms with E-state index in [1.807, 2.05) is 30.3 Å². The first-order valence-electron chi connectivity index (χ1n) is 7.48. The molecule has 0 unspecified atom stereocenters. The van der Waals surface area contributed by atoms with E-state index in [1.165, 1.54) is 11.0 Å². The van der Waals surface area contributed by atoms with Gasteiger partial charge >= 0.3 is 0 Å². The molecule has 5 heteroatoms. The van der Waals surface area contributed by atoms with Crippen molar-refractivity contribution < 1.29 is 14.7 Å². The second-order valence-corrected chi connectivity index (χ2v) is 6.69. The molecule has 4 nitrogen and oxygen atoms in total. The number of ketones is 1. The van der Waals surface area contributed by atoms with E-state index < -0.39 is 11.5 Å². The lowest BCUT2D eigenvalue weighted by molar-refractivity contribution is -0.140. The summed E-state index contributed by atoms with van der Waals surface area (Å²) in [4.78, 5) is 26.2. The SMILES string of the molecule is CN1C(=O)[C@](O)(CC(=O)/C=C/c2ccccc2)c2cc(Br)ccc21. The number of halogens is 1. The monoisotopic (exact) mass is 385 g/mol. The van der Waals surface area contributed by atoms with Gasteiger partial charge in [0.15, 0.2) is 11.4 Å². The summed E-state index contributed by atoms with van der Waals surface area (Å²) in [5.41, 5.74) is 0.124. The third-order valence-electron chi connectivity index (χ3n) is 4.12. The van der Waals surface area contributed by atoms with E-state index in [2.05, 4.69) is 15.9 Å². The van der Waals surface area contributed by atoms with Crippen LogP contribution in [0.2, 0.25) is 0 Å². The molecule has 0 bridgehead atoms. The lowest BCUT2D eigenvalue weighted by Crippen LogP contribution is -2.40. The van der Waals surface area contributed by atoms with E-state index >= 15 is 0 Å². The van der Waals surface area contributed by atoms with E-state index in [-0.39, 0.29) is 12.2 Å². The Bertz CT molecular complexity index is 832. The van der Waals surface area contributed by atoms with Gasteiger partial charge in [0.25, 0.3) is 5.91 Å². The molecule has 24 heavy (non-hydrogen) atoms. The number of rotatable bonds is 4. The number of benzene rings is 2. The zero-order valence-corrected chi connectivity index (χ0v) is 14.7. The minimum Gasteiger partial charge on any atom is -0.375 e. The van der Waals surface area contributed by atoms with Gasteiger partial charge in [-0.1, -0.05) is 52.3 Å². The molecule has 1 heterocycles. The van der Waals surface area contributed by atoms with Crippen LogP contribution >= 0.6 is 15.9 Å². The van der Waals surface area contributed by atoms with Gasteiger partial charge in [0.1, 0.15) is 0 Å². The Morgan fingerprint density at radius 2 is 1.96 bits per heavy atom. The molecule has 2 aromatic carbocycles. The number of hydrogen-bond acceptors (Lipinski definition) is 3. The highest BCUT2D eigenvalue weighted by Gasteiger charge is 2.49. The van der Waals surface area contributed by atoms with E-state index in [1.54, 1.807) is 31.3 Å². The average molecular weight is 386 g/mol. The number of hydrogen-bond donors (Lipinski definition) is 1. The standard InChI is InChI=1S/C19H16BrNO3/c1-21-17-10-8-14(20)11-16(17)19(24,18(21)23)12-15(22)9-7-13-5-3-2-4-6-13/h2-11,24H,12H2,1H3/b9-7+/t19-/m0/s1. The van der Waals surface area contributed by atoms with E-state index in [0.717, 1.165) is 10.0 Å². The Morgan fingerprint density at radius 1 is 1.25 bits per heavy atom. The molecule has 2 aromatic rings. The van der Waals surface area contributed by atoms with Gasteiger partial charge < -0.3 is 10.0 Å². The van der Waals surface area contributed by atoms with E-state index in [0.29, 0.717) is 11.3 Å². The quantitative estimate of drug-likeness (QED) is 0.821. The van der Waals surface area contributed by atoms with Crippen LogP contribution in [0.3, 0.4) is 0 Å². The van der Waals surface area contributed by atoms with Gasteiger partial charge in [-0.15, -0.1) is 0 Å². The van der Waals surface area contributed by atoms with Crippen LogP contribution in [-0.2, 0) is 15.2 Å². The van der Waals surface area contributed by atoms with Crippen molar-refractivity contribution in [2.45, 2.75) is 12.0 Å². The minimum absolute atomic E-state index is 0.289. The molecule has 0 radical (unpaired) electrons. The Hall–Kier alpha value is -2.24. The molecule has 0 spiro atoms. The van der Waals surface area contributed by atoms with Gasteiger partial charge in [0.05, 0.1) is 12.1 Å². The number of likely N-dealkylation sites (N-methyl/N-ethyl adjacent to an activating group) is 1. The Labute approximate surface area is 148 Å². The Kier molecular flexibility index (Phi) is 4.39. The summed E-state index contributed by atoms with van der Waals surface area (Å²) >= 11 is 3.34. The van der Waals surface area contributed by atoms with Crippen molar-refractivity contribution in [3.63, 3.8) is 0 Å². The summed E-state index contributed by atoms with van der Waals surface area (Å²) in [5.74, 6) is -0.798. The molecule has 0 aliphatic carbocycles. The third kappa shape index (κ3) is 2.92. The molecule has 0 fully saturated rings. The number of allylic oxidation sites excluding steroid dienone is 1. The van der Waals surface area contributed by atoms with Crippen LogP contribution < -0.4 is 4.90 Å². The van der Waals surface area contributed by atoms with E-state index in [9.17, 15) is 14.7 Å². The first-order valence-corrected chi connectivity index (χ1v) is 8.27. The van der Waals surface area contributed by atoms with Crippen molar-refractivity contribution in [3.05, 3.63) is 70.2 Å².